The molecule has 0 aromatic heterocycles. The average Bonchev–Trinajstić information content (AvgIpc) is 2.25. The zero-order chi connectivity index (χ0) is 10.8. The van der Waals surface area contributed by atoms with E-state index in [2.05, 4.69) is 0 Å². The van der Waals surface area contributed by atoms with E-state index in [1.165, 1.54) is 0 Å². The van der Waals surface area contributed by atoms with Crippen LogP contribution in [0.3, 0.4) is 0 Å². The van der Waals surface area contributed by atoms with E-state index in [0.29, 0.717) is 12.1 Å². The number of hydrogen-bond donors (Lipinski definition) is 0. The molecule has 0 aliphatic heterocycles. The third kappa shape index (κ3) is 1.78. The van der Waals surface area contributed by atoms with Crippen LogP contribution in [0, 0.1) is 6.92 Å². The second-order valence-corrected chi connectivity index (χ2v) is 3.04. The minimum Gasteiger partial charge on any atom is -0.0622 e. The fourth-order valence-corrected chi connectivity index (χ4v) is 1.24. The number of benzene rings is 2. The first-order chi connectivity index (χ1) is 7.18. The molecule has 0 amide bonds. The van der Waals surface area contributed by atoms with Crippen LogP contribution < -0.4 is 0 Å². The van der Waals surface area contributed by atoms with Gasteiger partial charge in [0.05, 0.1) is 2.74 Å². The second kappa shape index (κ2) is 3.44. The third-order valence-electron chi connectivity index (χ3n) is 1.97. The molecule has 0 N–H and O–H groups in total. The van der Waals surface area contributed by atoms with Gasteiger partial charge in [0.2, 0.25) is 0 Å². The van der Waals surface area contributed by atoms with E-state index < -0.39 is 0 Å². The Bertz CT molecular complexity index is 475. The Labute approximate surface area is 81.7 Å². The highest BCUT2D eigenvalue weighted by molar-refractivity contribution is 5.63. The van der Waals surface area contributed by atoms with Crippen LogP contribution in [-0.4, -0.2) is 0 Å². The van der Waals surface area contributed by atoms with Crippen LogP contribution in [0.5, 0.6) is 0 Å². The van der Waals surface area contributed by atoms with Crippen LogP contribution >= 0.6 is 0 Å². The van der Waals surface area contributed by atoms with Gasteiger partial charge in [-0.15, -0.1) is 0 Å². The molecule has 2 aromatic rings. The molecule has 0 aliphatic rings. The molecule has 0 bridgehead atoms. The van der Waals surface area contributed by atoms with Gasteiger partial charge in [-0.25, -0.2) is 0 Å². The van der Waals surface area contributed by atoms with Gasteiger partial charge in [-0.2, -0.15) is 0 Å². The van der Waals surface area contributed by atoms with E-state index in [9.17, 15) is 0 Å². The average molecular weight is 172 g/mol. The molecule has 0 fully saturated rings. The highest BCUT2D eigenvalue weighted by Gasteiger charge is 1.93. The summed E-state index contributed by atoms with van der Waals surface area (Å²) in [6.45, 7) is 1.86. The molecule has 64 valence electrons. The van der Waals surface area contributed by atoms with E-state index in [1.807, 2.05) is 37.3 Å². The predicted octanol–water partition coefficient (Wildman–Crippen LogP) is 3.66. The summed E-state index contributed by atoms with van der Waals surface area (Å²) in [5.41, 5.74) is 2.67. The lowest BCUT2D eigenvalue weighted by Crippen LogP contribution is -1.76. The molecule has 0 radical (unpaired) electrons. The van der Waals surface area contributed by atoms with Crippen molar-refractivity contribution in [1.82, 2.24) is 0 Å². The molecular formula is C13H12. The third-order valence-corrected chi connectivity index (χ3v) is 1.97. The Balaban J connectivity index is 2.59. The Morgan fingerprint density at radius 1 is 0.846 bits per heavy atom. The van der Waals surface area contributed by atoms with E-state index in [0.717, 1.165) is 16.7 Å². The van der Waals surface area contributed by atoms with Gasteiger partial charge in [-0.1, -0.05) is 60.1 Å². The van der Waals surface area contributed by atoms with Crippen molar-refractivity contribution in [2.75, 3.05) is 0 Å². The van der Waals surface area contributed by atoms with E-state index in [1.54, 1.807) is 12.1 Å². The van der Waals surface area contributed by atoms with E-state index >= 15 is 0 Å². The molecule has 0 saturated carbocycles. The van der Waals surface area contributed by atoms with Gasteiger partial charge < -0.3 is 0 Å². The fourth-order valence-electron chi connectivity index (χ4n) is 1.24. The molecule has 13 heavy (non-hydrogen) atoms. The molecule has 0 unspecified atom stereocenters. The van der Waals surface area contributed by atoms with Crippen LogP contribution in [0.1, 0.15) is 8.30 Å². The summed E-state index contributed by atoms with van der Waals surface area (Å²) in [7, 11) is 0. The van der Waals surface area contributed by atoms with Gasteiger partial charge in [0.25, 0.3) is 0 Å². The van der Waals surface area contributed by atoms with E-state index in [4.69, 9.17) is 2.74 Å². The molecular weight excluding hydrogens is 156 g/mol. The molecule has 2 rings (SSSR count). The number of rotatable bonds is 1. The van der Waals surface area contributed by atoms with Crippen LogP contribution in [0.4, 0.5) is 0 Å². The lowest BCUT2D eigenvalue weighted by atomic mass is 10.0. The maximum atomic E-state index is 7.86. The monoisotopic (exact) mass is 172 g/mol. The second-order valence-electron chi connectivity index (χ2n) is 3.04. The minimum absolute atomic E-state index is 0.481. The maximum Gasteiger partial charge on any atom is 0.0629 e. The van der Waals surface area contributed by atoms with Crippen molar-refractivity contribution in [2.45, 2.75) is 6.92 Å². The van der Waals surface area contributed by atoms with Gasteiger partial charge in [-0.05, 0) is 18.1 Å². The van der Waals surface area contributed by atoms with Gasteiger partial charge in [0.15, 0.2) is 0 Å². The van der Waals surface area contributed by atoms with Crippen LogP contribution in [0.25, 0.3) is 11.1 Å². The van der Waals surface area contributed by atoms with E-state index in [-0.39, 0.29) is 0 Å². The first kappa shape index (κ1) is 5.98. The van der Waals surface area contributed by atoms with Crippen molar-refractivity contribution >= 4 is 0 Å². The zero-order valence-corrected chi connectivity index (χ0v) is 7.54. The molecule has 2 aromatic carbocycles. The maximum absolute atomic E-state index is 7.86. The Hall–Kier alpha value is -1.56. The SMILES string of the molecule is [3H]c1cc(-c2ccccc2)c([3H])cc1C. The summed E-state index contributed by atoms with van der Waals surface area (Å²) >= 11 is 0. The van der Waals surface area contributed by atoms with Crippen molar-refractivity contribution in [3.8, 4) is 11.1 Å². The molecule has 0 spiro atoms. The Kier molecular flexibility index (Phi) is 1.58. The molecule has 0 heterocycles. The fraction of sp³-hybridized carbons (Fsp3) is 0.0769. The normalized spacial score (nSPS) is 12.1. The van der Waals surface area contributed by atoms with Gasteiger partial charge in [-0.3, -0.25) is 0 Å². The molecule has 0 saturated heterocycles. The van der Waals surface area contributed by atoms with Gasteiger partial charge in [0, 0.05) is 0 Å². The molecule has 0 heteroatoms. The molecule has 0 atom stereocenters. The van der Waals surface area contributed by atoms with Crippen molar-refractivity contribution in [3.05, 3.63) is 60.1 Å². The standard InChI is InChI=1S/C13H12/c1-11-7-9-13(10-8-11)12-5-3-2-4-6-12/h2-10H,1H3/i7T,10T. The van der Waals surface area contributed by atoms with Crippen LogP contribution in [0.15, 0.2) is 54.5 Å². The topological polar surface area (TPSA) is 0 Å². The van der Waals surface area contributed by atoms with Crippen molar-refractivity contribution in [3.63, 3.8) is 0 Å². The van der Waals surface area contributed by atoms with Crippen molar-refractivity contribution in [1.29, 1.82) is 0 Å². The number of aryl methyl sites for hydroxylation is 1. The van der Waals surface area contributed by atoms with Crippen LogP contribution in [-0.2, 0) is 0 Å². The summed E-state index contributed by atoms with van der Waals surface area (Å²) in [5.74, 6) is 0. The lowest BCUT2D eigenvalue weighted by molar-refractivity contribution is 1.47. The van der Waals surface area contributed by atoms with Crippen molar-refractivity contribution in [2.24, 2.45) is 0 Å². The molecule has 0 aliphatic carbocycles. The number of hydrogen-bond acceptors (Lipinski definition) is 0. The molecule has 0 nitrogen and oxygen atoms in total. The highest BCUT2D eigenvalue weighted by atomic mass is 14.0. The first-order valence-electron chi connectivity index (χ1n) is 5.32. The predicted molar refractivity (Wildman–Crippen MR) is 56.6 cm³/mol. The quantitative estimate of drug-likeness (QED) is 0.615. The largest absolute Gasteiger partial charge is 0.0629 e. The first-order valence-corrected chi connectivity index (χ1v) is 4.32. The zero-order valence-electron chi connectivity index (χ0n) is 9.54. The summed E-state index contributed by atoms with van der Waals surface area (Å²) < 4.78 is 15.6. The highest BCUT2D eigenvalue weighted by Crippen LogP contribution is 2.18. The summed E-state index contributed by atoms with van der Waals surface area (Å²) in [6.07, 6.45) is 0. The minimum atomic E-state index is 0.481. The van der Waals surface area contributed by atoms with Gasteiger partial charge in [0.1, 0.15) is 0 Å². The van der Waals surface area contributed by atoms with Crippen LogP contribution in [0.2, 0.25) is 0 Å². The summed E-state index contributed by atoms with van der Waals surface area (Å²) in [6, 6.07) is 14.2. The smallest absolute Gasteiger partial charge is 0.0622 e. The Morgan fingerprint density at radius 3 is 2.38 bits per heavy atom. The Morgan fingerprint density at radius 2 is 1.62 bits per heavy atom. The lowest BCUT2D eigenvalue weighted by Gasteiger charge is -2.00. The summed E-state index contributed by atoms with van der Waals surface area (Å²) in [5, 5.41) is 0. The summed E-state index contributed by atoms with van der Waals surface area (Å²) in [4.78, 5) is 0. The van der Waals surface area contributed by atoms with Gasteiger partial charge >= 0.3 is 0 Å². The van der Waals surface area contributed by atoms with Crippen molar-refractivity contribution < 1.29 is 2.74 Å².